The van der Waals surface area contributed by atoms with Gasteiger partial charge in [-0.1, -0.05) is 25.8 Å². The van der Waals surface area contributed by atoms with Crippen molar-refractivity contribution in [2.45, 2.75) is 59.0 Å². The average Bonchev–Trinajstić information content (AvgIpc) is 3.08. The molecule has 1 atom stereocenters. The number of H-pyrrole nitrogens is 1. The number of carbonyl (C=O) groups excluding carboxylic acids is 2. The molecule has 1 unspecified atom stereocenters. The molecule has 0 saturated carbocycles. The molecule has 0 aliphatic carbocycles. The minimum absolute atomic E-state index is 0.130. The maximum Gasteiger partial charge on any atom is 0.306 e. The van der Waals surface area contributed by atoms with Crippen LogP contribution in [0.3, 0.4) is 0 Å². The third-order valence-electron chi connectivity index (χ3n) is 4.68. The van der Waals surface area contributed by atoms with Crippen molar-refractivity contribution in [3.05, 3.63) is 35.5 Å². The lowest BCUT2D eigenvalue weighted by atomic mass is 10.0. The Morgan fingerprint density at radius 2 is 1.97 bits per heavy atom. The first-order chi connectivity index (χ1) is 14.1. The van der Waals surface area contributed by atoms with Crippen molar-refractivity contribution < 1.29 is 14.3 Å². The SMILES string of the molecule is CSC(=N)c1ccc2[nH]c(C(=O)NCCCCC(C)CC(=O)OC(C)(C)C)cc2c1. The van der Waals surface area contributed by atoms with E-state index in [4.69, 9.17) is 10.1 Å². The molecule has 1 aromatic heterocycles. The highest BCUT2D eigenvalue weighted by atomic mass is 32.2. The van der Waals surface area contributed by atoms with Gasteiger partial charge in [0.25, 0.3) is 5.91 Å². The van der Waals surface area contributed by atoms with E-state index in [9.17, 15) is 9.59 Å². The van der Waals surface area contributed by atoms with Crippen molar-refractivity contribution in [1.82, 2.24) is 10.3 Å². The van der Waals surface area contributed by atoms with Crippen LogP contribution in [0.5, 0.6) is 0 Å². The van der Waals surface area contributed by atoms with Gasteiger partial charge in [-0.25, -0.2) is 0 Å². The summed E-state index contributed by atoms with van der Waals surface area (Å²) >= 11 is 1.39. The van der Waals surface area contributed by atoms with Crippen LogP contribution in [0.4, 0.5) is 0 Å². The molecule has 0 radical (unpaired) electrons. The number of rotatable bonds is 9. The van der Waals surface area contributed by atoms with E-state index >= 15 is 0 Å². The fraction of sp³-hybridized carbons (Fsp3) is 0.522. The molecule has 6 nitrogen and oxygen atoms in total. The van der Waals surface area contributed by atoms with Gasteiger partial charge in [-0.2, -0.15) is 0 Å². The van der Waals surface area contributed by atoms with E-state index in [1.165, 1.54) is 11.8 Å². The third kappa shape index (κ3) is 7.52. The van der Waals surface area contributed by atoms with Gasteiger partial charge in [0.15, 0.2) is 0 Å². The molecule has 2 aromatic rings. The third-order valence-corrected chi connectivity index (χ3v) is 5.32. The lowest BCUT2D eigenvalue weighted by Crippen LogP contribution is -2.25. The number of benzene rings is 1. The number of amides is 1. The molecule has 0 bridgehead atoms. The smallest absolute Gasteiger partial charge is 0.306 e. The Bertz CT molecular complexity index is 899. The Balaban J connectivity index is 1.74. The first-order valence-corrected chi connectivity index (χ1v) is 11.6. The van der Waals surface area contributed by atoms with Gasteiger partial charge in [0, 0.05) is 29.4 Å². The van der Waals surface area contributed by atoms with Crippen LogP contribution in [-0.4, -0.2) is 40.3 Å². The van der Waals surface area contributed by atoms with Crippen LogP contribution in [0.15, 0.2) is 24.3 Å². The van der Waals surface area contributed by atoms with Gasteiger partial charge >= 0.3 is 5.97 Å². The molecule has 0 aliphatic heterocycles. The molecule has 1 heterocycles. The lowest BCUT2D eigenvalue weighted by Gasteiger charge is -2.20. The van der Waals surface area contributed by atoms with Crippen LogP contribution in [0.2, 0.25) is 0 Å². The van der Waals surface area contributed by atoms with Gasteiger partial charge in [0.2, 0.25) is 0 Å². The number of nitrogens with one attached hydrogen (secondary N) is 3. The van der Waals surface area contributed by atoms with Crippen LogP contribution in [0, 0.1) is 11.3 Å². The zero-order valence-corrected chi connectivity index (χ0v) is 19.4. The van der Waals surface area contributed by atoms with Crippen molar-refractivity contribution in [3.8, 4) is 0 Å². The average molecular weight is 432 g/mol. The Hall–Kier alpha value is -2.28. The lowest BCUT2D eigenvalue weighted by molar-refractivity contribution is -0.155. The van der Waals surface area contributed by atoms with Crippen LogP contribution in [-0.2, 0) is 9.53 Å². The number of aromatic nitrogens is 1. The molecule has 2 rings (SSSR count). The summed E-state index contributed by atoms with van der Waals surface area (Å²) in [6.45, 7) is 8.27. The summed E-state index contributed by atoms with van der Waals surface area (Å²) in [5.74, 6) is -0.0223. The fourth-order valence-corrected chi connectivity index (χ4v) is 3.56. The largest absolute Gasteiger partial charge is 0.460 e. The number of hydrogen-bond acceptors (Lipinski definition) is 5. The summed E-state index contributed by atoms with van der Waals surface area (Å²) in [6.07, 6.45) is 5.03. The predicted octanol–water partition coefficient (Wildman–Crippen LogP) is 5.12. The quantitative estimate of drug-likeness (QED) is 0.222. The molecule has 0 saturated heterocycles. The summed E-state index contributed by atoms with van der Waals surface area (Å²) in [5, 5.41) is 12.3. The second-order valence-electron chi connectivity index (χ2n) is 8.67. The van der Waals surface area contributed by atoms with Crippen LogP contribution in [0.1, 0.15) is 69.4 Å². The van der Waals surface area contributed by atoms with E-state index in [1.807, 2.05) is 51.3 Å². The molecule has 3 N–H and O–H groups in total. The molecule has 0 aliphatic rings. The van der Waals surface area contributed by atoms with Crippen molar-refractivity contribution in [3.63, 3.8) is 0 Å². The molecule has 0 fully saturated rings. The summed E-state index contributed by atoms with van der Waals surface area (Å²) in [6, 6.07) is 7.54. The first kappa shape index (κ1) is 24.0. The topological polar surface area (TPSA) is 95.0 Å². The molecular formula is C23H33N3O3S. The molecule has 164 valence electrons. The second-order valence-corrected chi connectivity index (χ2v) is 9.48. The van der Waals surface area contributed by atoms with E-state index in [1.54, 1.807) is 0 Å². The van der Waals surface area contributed by atoms with Gasteiger partial charge in [-0.15, -0.1) is 11.8 Å². The highest BCUT2D eigenvalue weighted by Crippen LogP contribution is 2.20. The van der Waals surface area contributed by atoms with Gasteiger partial charge in [0.1, 0.15) is 11.3 Å². The molecule has 1 amide bonds. The molecule has 0 spiro atoms. The number of carbonyl (C=O) groups is 2. The standard InChI is InChI=1S/C23H33N3O3S/c1-15(12-20(27)29-23(2,3)4)8-6-7-11-25-22(28)19-14-17-13-16(21(24)30-5)9-10-18(17)26-19/h9-10,13-15,24,26H,6-8,11-12H2,1-5H3,(H,25,28). The summed E-state index contributed by atoms with van der Waals surface area (Å²) < 4.78 is 5.36. The Kier molecular flexibility index (Phi) is 8.53. The first-order valence-electron chi connectivity index (χ1n) is 10.3. The Labute approximate surface area is 183 Å². The van der Waals surface area contributed by atoms with E-state index in [0.29, 0.717) is 23.7 Å². The highest BCUT2D eigenvalue weighted by Gasteiger charge is 2.18. The monoisotopic (exact) mass is 431 g/mol. The molecular weight excluding hydrogens is 398 g/mol. The fourth-order valence-electron chi connectivity index (χ4n) is 3.20. The number of fused-ring (bicyclic) bond motifs is 1. The van der Waals surface area contributed by atoms with E-state index in [2.05, 4.69) is 17.2 Å². The number of thioether (sulfide) groups is 1. The minimum atomic E-state index is -0.442. The van der Waals surface area contributed by atoms with Crippen molar-refractivity contribution >= 4 is 39.6 Å². The maximum absolute atomic E-state index is 12.4. The van der Waals surface area contributed by atoms with Gasteiger partial charge in [-0.3, -0.25) is 15.0 Å². The number of hydrogen-bond donors (Lipinski definition) is 3. The number of esters is 1. The zero-order chi connectivity index (χ0) is 22.3. The molecule has 30 heavy (non-hydrogen) atoms. The normalized spacial score (nSPS) is 12.6. The van der Waals surface area contributed by atoms with E-state index in [0.717, 1.165) is 35.7 Å². The molecule has 7 heteroatoms. The predicted molar refractivity (Wildman–Crippen MR) is 124 cm³/mol. The Morgan fingerprint density at radius 1 is 1.23 bits per heavy atom. The number of unbranched alkanes of at least 4 members (excludes halogenated alkanes) is 1. The van der Waals surface area contributed by atoms with Crippen LogP contribution >= 0.6 is 11.8 Å². The van der Waals surface area contributed by atoms with Gasteiger partial charge in [0.05, 0.1) is 5.04 Å². The number of ether oxygens (including phenoxy) is 1. The van der Waals surface area contributed by atoms with Gasteiger partial charge in [-0.05, 0) is 57.6 Å². The Morgan fingerprint density at radius 3 is 2.63 bits per heavy atom. The van der Waals surface area contributed by atoms with Crippen molar-refractivity contribution in [2.24, 2.45) is 5.92 Å². The van der Waals surface area contributed by atoms with Crippen LogP contribution < -0.4 is 5.32 Å². The number of aromatic amines is 1. The summed E-state index contributed by atoms with van der Waals surface area (Å²) in [5.41, 5.74) is 1.81. The molecule has 1 aromatic carbocycles. The highest BCUT2D eigenvalue weighted by molar-refractivity contribution is 8.13. The maximum atomic E-state index is 12.4. The minimum Gasteiger partial charge on any atom is -0.460 e. The van der Waals surface area contributed by atoms with Crippen molar-refractivity contribution in [2.75, 3.05) is 12.8 Å². The van der Waals surface area contributed by atoms with Crippen molar-refractivity contribution in [1.29, 1.82) is 5.41 Å². The summed E-state index contributed by atoms with van der Waals surface area (Å²) in [4.78, 5) is 27.4. The second kappa shape index (κ2) is 10.7. The van der Waals surface area contributed by atoms with Crippen LogP contribution in [0.25, 0.3) is 10.9 Å². The van der Waals surface area contributed by atoms with E-state index < -0.39 is 5.60 Å². The van der Waals surface area contributed by atoms with Gasteiger partial charge < -0.3 is 15.0 Å². The van der Waals surface area contributed by atoms with E-state index in [-0.39, 0.29) is 17.8 Å². The summed E-state index contributed by atoms with van der Waals surface area (Å²) in [7, 11) is 0. The zero-order valence-electron chi connectivity index (χ0n) is 18.6.